The van der Waals surface area contributed by atoms with Gasteiger partial charge in [-0.2, -0.15) is 0 Å². The second-order valence-electron chi connectivity index (χ2n) is 6.40. The van der Waals surface area contributed by atoms with Crippen LogP contribution >= 0.6 is 0 Å². The van der Waals surface area contributed by atoms with E-state index >= 15 is 0 Å². The Bertz CT molecular complexity index is 832. The highest BCUT2D eigenvalue weighted by atomic mass is 19.1. The van der Waals surface area contributed by atoms with Crippen LogP contribution in [0.4, 0.5) is 10.1 Å². The summed E-state index contributed by atoms with van der Waals surface area (Å²) in [5.74, 6) is -2.13. The Morgan fingerprint density at radius 1 is 1.15 bits per heavy atom. The number of carbonyl (C=O) groups excluding carboxylic acids is 1. The fourth-order valence-electron chi connectivity index (χ4n) is 2.99. The van der Waals surface area contributed by atoms with Gasteiger partial charge >= 0.3 is 5.97 Å². The minimum atomic E-state index is -1.25. The van der Waals surface area contributed by atoms with Gasteiger partial charge in [0, 0.05) is 24.3 Å². The van der Waals surface area contributed by atoms with Crippen LogP contribution in [0.5, 0.6) is 0 Å². The number of aryl methyl sites for hydroxylation is 1. The lowest BCUT2D eigenvalue weighted by atomic mass is 10.0. The smallest absolute Gasteiger partial charge is 0.330 e. The molecule has 1 heterocycles. The second-order valence-corrected chi connectivity index (χ2v) is 6.40. The van der Waals surface area contributed by atoms with Gasteiger partial charge in [0.15, 0.2) is 6.04 Å². The molecule has 1 aliphatic heterocycles. The van der Waals surface area contributed by atoms with Crippen LogP contribution in [0.15, 0.2) is 42.5 Å². The molecule has 1 fully saturated rings. The molecule has 0 saturated carbocycles. The van der Waals surface area contributed by atoms with Crippen LogP contribution in [0.3, 0.4) is 0 Å². The first-order valence-corrected chi connectivity index (χ1v) is 8.68. The maximum absolute atomic E-state index is 13.4. The molecule has 2 aromatic carbocycles. The highest BCUT2D eigenvalue weighted by molar-refractivity contribution is 5.97. The molecule has 142 valence electrons. The van der Waals surface area contributed by atoms with E-state index in [1.54, 1.807) is 19.1 Å². The summed E-state index contributed by atoms with van der Waals surface area (Å²) in [5, 5.41) is 12.0. The number of nitrogens with zero attached hydrogens (tertiary/aromatic N) is 1. The lowest BCUT2D eigenvalue weighted by Crippen LogP contribution is -2.36. The van der Waals surface area contributed by atoms with Gasteiger partial charge in [-0.3, -0.25) is 4.79 Å². The molecule has 0 aromatic heterocycles. The molecule has 7 heteroatoms. The number of carboxylic acid groups (broad SMARTS) is 1. The standard InChI is InChI=1S/C20H21FN2O4/c1-13-12-15(4-7-17(13)21)18(20(25)26)22-19(24)14-2-5-16(6-3-14)23-8-10-27-11-9-23/h2-7,12,18H,8-11H2,1H3,(H,22,24)(H,25,26). The summed E-state index contributed by atoms with van der Waals surface area (Å²) in [4.78, 5) is 26.2. The number of hydrogen-bond donors (Lipinski definition) is 2. The second kappa shape index (κ2) is 8.18. The van der Waals surface area contributed by atoms with Gasteiger partial charge in [0.1, 0.15) is 5.82 Å². The Labute approximate surface area is 156 Å². The van der Waals surface area contributed by atoms with Crippen molar-refractivity contribution in [3.8, 4) is 0 Å². The zero-order valence-corrected chi connectivity index (χ0v) is 14.9. The Morgan fingerprint density at radius 2 is 1.81 bits per heavy atom. The number of carboxylic acids is 1. The zero-order valence-electron chi connectivity index (χ0n) is 14.9. The number of hydrogen-bond acceptors (Lipinski definition) is 4. The zero-order chi connectivity index (χ0) is 19.4. The highest BCUT2D eigenvalue weighted by Crippen LogP contribution is 2.20. The molecular formula is C20H21FN2O4. The summed E-state index contributed by atoms with van der Waals surface area (Å²) in [5.41, 5.74) is 1.98. The van der Waals surface area contributed by atoms with Crippen molar-refractivity contribution in [1.29, 1.82) is 0 Å². The Morgan fingerprint density at radius 3 is 2.41 bits per heavy atom. The van der Waals surface area contributed by atoms with Gasteiger partial charge in [0.2, 0.25) is 0 Å². The van der Waals surface area contributed by atoms with Crippen molar-refractivity contribution in [2.45, 2.75) is 13.0 Å². The molecule has 0 bridgehead atoms. The first-order chi connectivity index (χ1) is 13.0. The number of ether oxygens (including phenoxy) is 1. The third-order valence-corrected chi connectivity index (χ3v) is 4.54. The van der Waals surface area contributed by atoms with Crippen molar-refractivity contribution >= 4 is 17.6 Å². The predicted octanol–water partition coefficient (Wildman–Crippen LogP) is 2.53. The quantitative estimate of drug-likeness (QED) is 0.843. The van der Waals surface area contributed by atoms with Crippen molar-refractivity contribution in [2.24, 2.45) is 0 Å². The number of anilines is 1. The van der Waals surface area contributed by atoms with Crippen molar-refractivity contribution in [3.63, 3.8) is 0 Å². The van der Waals surface area contributed by atoms with Crippen LogP contribution in [-0.4, -0.2) is 43.3 Å². The predicted molar refractivity (Wildman–Crippen MR) is 98.5 cm³/mol. The van der Waals surface area contributed by atoms with Crippen LogP contribution in [0.25, 0.3) is 0 Å². The summed E-state index contributed by atoms with van der Waals surface area (Å²) in [7, 11) is 0. The van der Waals surface area contributed by atoms with Crippen molar-refractivity contribution < 1.29 is 23.8 Å². The molecule has 1 atom stereocenters. The average molecular weight is 372 g/mol. The molecule has 3 rings (SSSR count). The molecule has 1 saturated heterocycles. The van der Waals surface area contributed by atoms with E-state index in [4.69, 9.17) is 4.74 Å². The average Bonchev–Trinajstić information content (AvgIpc) is 2.69. The number of benzene rings is 2. The van der Waals surface area contributed by atoms with Gasteiger partial charge in [0.05, 0.1) is 13.2 Å². The van der Waals surface area contributed by atoms with Gasteiger partial charge in [-0.15, -0.1) is 0 Å². The van der Waals surface area contributed by atoms with Gasteiger partial charge in [-0.1, -0.05) is 12.1 Å². The maximum atomic E-state index is 13.4. The molecule has 2 N–H and O–H groups in total. The molecule has 1 aliphatic rings. The molecule has 0 spiro atoms. The highest BCUT2D eigenvalue weighted by Gasteiger charge is 2.23. The van der Waals surface area contributed by atoms with E-state index in [0.717, 1.165) is 18.8 Å². The molecule has 2 aromatic rings. The third kappa shape index (κ3) is 4.43. The van der Waals surface area contributed by atoms with E-state index in [2.05, 4.69) is 10.2 Å². The Balaban J connectivity index is 1.73. The minimum absolute atomic E-state index is 0.319. The lowest BCUT2D eigenvalue weighted by Gasteiger charge is -2.28. The number of nitrogens with one attached hydrogen (secondary N) is 1. The summed E-state index contributed by atoms with van der Waals surface area (Å²) in [6, 6.07) is 9.72. The summed E-state index contributed by atoms with van der Waals surface area (Å²) in [6.07, 6.45) is 0. The number of morpholine rings is 1. The van der Waals surface area contributed by atoms with Crippen molar-refractivity contribution in [1.82, 2.24) is 5.32 Å². The largest absolute Gasteiger partial charge is 0.479 e. The van der Waals surface area contributed by atoms with Gasteiger partial charge in [0.25, 0.3) is 5.91 Å². The first kappa shape index (κ1) is 18.8. The third-order valence-electron chi connectivity index (χ3n) is 4.54. The van der Waals surface area contributed by atoms with Gasteiger partial charge < -0.3 is 20.1 Å². The van der Waals surface area contributed by atoms with Crippen LogP contribution < -0.4 is 10.2 Å². The SMILES string of the molecule is Cc1cc(C(NC(=O)c2ccc(N3CCOCC3)cc2)C(=O)O)ccc1F. The van der Waals surface area contributed by atoms with E-state index in [-0.39, 0.29) is 0 Å². The summed E-state index contributed by atoms with van der Waals surface area (Å²) < 4.78 is 18.8. The van der Waals surface area contributed by atoms with Crippen LogP contribution in [0, 0.1) is 12.7 Å². The first-order valence-electron chi connectivity index (χ1n) is 8.68. The summed E-state index contributed by atoms with van der Waals surface area (Å²) in [6.45, 7) is 4.45. The summed E-state index contributed by atoms with van der Waals surface area (Å²) >= 11 is 0. The monoisotopic (exact) mass is 372 g/mol. The van der Waals surface area contributed by atoms with Crippen molar-refractivity contribution in [3.05, 3.63) is 65.0 Å². The number of aliphatic carboxylic acids is 1. The van der Waals surface area contributed by atoms with Crippen LogP contribution in [0.1, 0.15) is 27.5 Å². The Hall–Kier alpha value is -2.93. The fraction of sp³-hybridized carbons (Fsp3) is 0.300. The number of carbonyl (C=O) groups is 2. The van der Waals surface area contributed by atoms with E-state index < -0.39 is 23.7 Å². The molecule has 1 amide bonds. The van der Waals surface area contributed by atoms with E-state index in [0.29, 0.717) is 29.9 Å². The number of rotatable bonds is 5. The molecule has 6 nitrogen and oxygen atoms in total. The Kier molecular flexibility index (Phi) is 5.71. The molecule has 27 heavy (non-hydrogen) atoms. The maximum Gasteiger partial charge on any atom is 0.330 e. The lowest BCUT2D eigenvalue weighted by molar-refractivity contribution is -0.139. The van der Waals surface area contributed by atoms with E-state index in [1.807, 2.05) is 12.1 Å². The molecule has 0 aliphatic carbocycles. The normalized spacial score (nSPS) is 15.3. The number of halogens is 1. The van der Waals surface area contributed by atoms with Crippen LogP contribution in [-0.2, 0) is 9.53 Å². The van der Waals surface area contributed by atoms with Crippen molar-refractivity contribution in [2.75, 3.05) is 31.2 Å². The number of amides is 1. The van der Waals surface area contributed by atoms with Gasteiger partial charge in [-0.25, -0.2) is 9.18 Å². The van der Waals surface area contributed by atoms with Crippen LogP contribution in [0.2, 0.25) is 0 Å². The van der Waals surface area contributed by atoms with E-state index in [1.165, 1.54) is 18.2 Å². The minimum Gasteiger partial charge on any atom is -0.479 e. The topological polar surface area (TPSA) is 78.9 Å². The molecular weight excluding hydrogens is 351 g/mol. The van der Waals surface area contributed by atoms with Gasteiger partial charge in [-0.05, 0) is 48.4 Å². The molecule has 1 unspecified atom stereocenters. The fourth-order valence-corrected chi connectivity index (χ4v) is 2.99. The van der Waals surface area contributed by atoms with E-state index in [9.17, 15) is 19.1 Å². The molecule has 0 radical (unpaired) electrons.